The first-order valence-electron chi connectivity index (χ1n) is 10.6. The molecule has 0 saturated carbocycles. The molecule has 2 N–H and O–H groups in total. The van der Waals surface area contributed by atoms with Gasteiger partial charge in [0.05, 0.1) is 0 Å². The van der Waals surface area contributed by atoms with Crippen LogP contribution in [0, 0.1) is 6.92 Å². The molecule has 0 fully saturated rings. The summed E-state index contributed by atoms with van der Waals surface area (Å²) in [5, 5.41) is 20.0. The molecule has 6 heteroatoms. The van der Waals surface area contributed by atoms with Crippen molar-refractivity contribution in [3.8, 4) is 22.9 Å². The van der Waals surface area contributed by atoms with Crippen molar-refractivity contribution >= 4 is 11.6 Å². The Balaban J connectivity index is 1.52. The fourth-order valence-corrected chi connectivity index (χ4v) is 3.21. The Bertz CT molecular complexity index is 935. The van der Waals surface area contributed by atoms with Gasteiger partial charge < -0.3 is 14.8 Å². The third kappa shape index (κ3) is 6.52. The topological polar surface area (TPSA) is 88.2 Å². The minimum Gasteiger partial charge on any atom is -0.416 e. The molecule has 0 atom stereocenters. The van der Waals surface area contributed by atoms with Crippen LogP contribution in [-0.2, 0) is 4.79 Å². The van der Waals surface area contributed by atoms with E-state index in [9.17, 15) is 4.79 Å². The Morgan fingerprint density at radius 2 is 1.57 bits per heavy atom. The van der Waals surface area contributed by atoms with Crippen molar-refractivity contribution in [1.82, 2.24) is 10.2 Å². The normalized spacial score (nSPS) is 10.9. The molecule has 1 heterocycles. The maximum Gasteiger partial charge on any atom is 0.248 e. The average molecular weight is 408 g/mol. The molecule has 0 radical (unpaired) electrons. The fraction of sp³-hybridized carbons (Fsp3) is 0.375. The lowest BCUT2D eigenvalue weighted by atomic mass is 10.1. The van der Waals surface area contributed by atoms with E-state index < -0.39 is 0 Å². The Labute approximate surface area is 177 Å². The Morgan fingerprint density at radius 3 is 2.30 bits per heavy atom. The number of nitrogens with one attached hydrogen (secondary N) is 1. The number of amides is 1. The maximum atomic E-state index is 12.2. The molecule has 0 unspecified atom stereocenters. The van der Waals surface area contributed by atoms with Gasteiger partial charge in [0.25, 0.3) is 0 Å². The SMILES string of the molecule is Cc1ccc(-c2nnc(-c3cccc(NC(=O)CCCCCCCCO)c3)o2)cc1. The highest BCUT2D eigenvalue weighted by Gasteiger charge is 2.11. The highest BCUT2D eigenvalue weighted by atomic mass is 16.4. The maximum absolute atomic E-state index is 12.2. The summed E-state index contributed by atoms with van der Waals surface area (Å²) in [6.07, 6.45) is 6.53. The number of hydrogen-bond donors (Lipinski definition) is 2. The summed E-state index contributed by atoms with van der Waals surface area (Å²) in [7, 11) is 0. The molecule has 0 bridgehead atoms. The number of carbonyl (C=O) groups excluding carboxylic acids is 1. The van der Waals surface area contributed by atoms with Crippen molar-refractivity contribution in [3.05, 3.63) is 54.1 Å². The number of rotatable bonds is 11. The zero-order valence-electron chi connectivity index (χ0n) is 17.4. The molecule has 0 aliphatic heterocycles. The van der Waals surface area contributed by atoms with Crippen LogP contribution in [0.5, 0.6) is 0 Å². The van der Waals surface area contributed by atoms with Gasteiger partial charge in [-0.25, -0.2) is 0 Å². The smallest absolute Gasteiger partial charge is 0.248 e. The van der Waals surface area contributed by atoms with Gasteiger partial charge in [-0.3, -0.25) is 4.79 Å². The van der Waals surface area contributed by atoms with Gasteiger partial charge in [-0.2, -0.15) is 0 Å². The van der Waals surface area contributed by atoms with Crippen LogP contribution < -0.4 is 5.32 Å². The standard InChI is InChI=1S/C24H29N3O3/c1-18-12-14-19(15-13-18)23-26-27-24(30-23)20-9-8-10-21(17-20)25-22(29)11-6-4-2-3-5-7-16-28/h8-10,12-15,17,28H,2-7,11,16H2,1H3,(H,25,29). The monoisotopic (exact) mass is 407 g/mol. The van der Waals surface area contributed by atoms with E-state index in [0.717, 1.165) is 55.3 Å². The predicted molar refractivity (Wildman–Crippen MR) is 118 cm³/mol. The summed E-state index contributed by atoms with van der Waals surface area (Å²) in [5.41, 5.74) is 3.53. The fourth-order valence-electron chi connectivity index (χ4n) is 3.21. The van der Waals surface area contributed by atoms with Gasteiger partial charge in [0.1, 0.15) is 0 Å². The van der Waals surface area contributed by atoms with Crippen LogP contribution in [0.15, 0.2) is 52.9 Å². The third-order valence-corrected chi connectivity index (χ3v) is 4.93. The lowest BCUT2D eigenvalue weighted by Crippen LogP contribution is -2.11. The van der Waals surface area contributed by atoms with Gasteiger partial charge in [-0.1, -0.05) is 49.4 Å². The molecule has 1 amide bonds. The zero-order chi connectivity index (χ0) is 21.2. The second-order valence-corrected chi connectivity index (χ2v) is 7.50. The molecule has 0 aliphatic rings. The second kappa shape index (κ2) is 11.3. The van der Waals surface area contributed by atoms with Gasteiger partial charge in [0.2, 0.25) is 17.7 Å². The summed E-state index contributed by atoms with van der Waals surface area (Å²) in [4.78, 5) is 12.2. The molecule has 0 aliphatic carbocycles. The van der Waals surface area contributed by atoms with Crippen molar-refractivity contribution in [2.45, 2.75) is 51.9 Å². The molecule has 2 aromatic carbocycles. The lowest BCUT2D eigenvalue weighted by molar-refractivity contribution is -0.116. The number of anilines is 1. The molecule has 1 aromatic heterocycles. The highest BCUT2D eigenvalue weighted by Crippen LogP contribution is 2.26. The molecule has 158 valence electrons. The van der Waals surface area contributed by atoms with Gasteiger partial charge in [0.15, 0.2) is 0 Å². The van der Waals surface area contributed by atoms with Gasteiger partial charge >= 0.3 is 0 Å². The van der Waals surface area contributed by atoms with E-state index in [1.165, 1.54) is 5.56 Å². The first-order valence-corrected chi connectivity index (χ1v) is 10.6. The number of unbranched alkanes of at least 4 members (excludes halogenated alkanes) is 5. The van der Waals surface area contributed by atoms with E-state index in [2.05, 4.69) is 15.5 Å². The van der Waals surface area contributed by atoms with E-state index >= 15 is 0 Å². The predicted octanol–water partition coefficient (Wildman–Crippen LogP) is 5.37. The van der Waals surface area contributed by atoms with Crippen molar-refractivity contribution < 1.29 is 14.3 Å². The van der Waals surface area contributed by atoms with Gasteiger partial charge in [0, 0.05) is 29.8 Å². The van der Waals surface area contributed by atoms with Crippen LogP contribution in [0.1, 0.15) is 50.5 Å². The van der Waals surface area contributed by atoms with Crippen LogP contribution in [0.3, 0.4) is 0 Å². The Kier molecular flexibility index (Phi) is 8.15. The summed E-state index contributed by atoms with van der Waals surface area (Å²) in [6, 6.07) is 15.4. The zero-order valence-corrected chi connectivity index (χ0v) is 17.4. The Hall–Kier alpha value is -2.99. The summed E-state index contributed by atoms with van der Waals surface area (Å²) >= 11 is 0. The number of aryl methyl sites for hydroxylation is 1. The van der Waals surface area contributed by atoms with E-state index in [-0.39, 0.29) is 12.5 Å². The molecule has 0 saturated heterocycles. The second-order valence-electron chi connectivity index (χ2n) is 7.50. The van der Waals surface area contributed by atoms with Crippen LogP contribution in [-0.4, -0.2) is 27.8 Å². The van der Waals surface area contributed by atoms with Crippen molar-refractivity contribution in [2.24, 2.45) is 0 Å². The molecular weight excluding hydrogens is 378 g/mol. The summed E-state index contributed by atoms with van der Waals surface area (Å²) in [6.45, 7) is 2.29. The molecule has 3 aromatic rings. The first-order chi connectivity index (χ1) is 14.7. The van der Waals surface area contributed by atoms with Crippen LogP contribution in [0.4, 0.5) is 5.69 Å². The number of hydrogen-bond acceptors (Lipinski definition) is 5. The molecule has 3 rings (SSSR count). The summed E-state index contributed by atoms with van der Waals surface area (Å²) < 4.78 is 5.82. The average Bonchev–Trinajstić information content (AvgIpc) is 3.24. The number of aliphatic hydroxyl groups excluding tert-OH is 1. The number of nitrogens with zero attached hydrogens (tertiary/aromatic N) is 2. The first kappa shape index (κ1) is 21.7. The molecule has 30 heavy (non-hydrogen) atoms. The number of carbonyl (C=O) groups is 1. The van der Waals surface area contributed by atoms with Crippen molar-refractivity contribution in [3.63, 3.8) is 0 Å². The van der Waals surface area contributed by atoms with Gasteiger partial charge in [-0.05, 0) is 50.1 Å². The Morgan fingerprint density at radius 1 is 0.900 bits per heavy atom. The quantitative estimate of drug-likeness (QED) is 0.417. The largest absolute Gasteiger partial charge is 0.416 e. The number of benzene rings is 2. The van der Waals surface area contributed by atoms with Crippen molar-refractivity contribution in [2.75, 3.05) is 11.9 Å². The third-order valence-electron chi connectivity index (χ3n) is 4.93. The molecule has 6 nitrogen and oxygen atoms in total. The van der Waals surface area contributed by atoms with E-state index in [1.54, 1.807) is 0 Å². The lowest BCUT2D eigenvalue weighted by Gasteiger charge is -2.06. The highest BCUT2D eigenvalue weighted by molar-refractivity contribution is 5.91. The van der Waals surface area contributed by atoms with Crippen LogP contribution in [0.2, 0.25) is 0 Å². The van der Waals surface area contributed by atoms with Crippen LogP contribution in [0.25, 0.3) is 22.9 Å². The van der Waals surface area contributed by atoms with E-state index in [4.69, 9.17) is 9.52 Å². The minimum absolute atomic E-state index is 0.00776. The summed E-state index contributed by atoms with van der Waals surface area (Å²) in [5.74, 6) is 0.899. The minimum atomic E-state index is 0.00776. The van der Waals surface area contributed by atoms with E-state index in [1.807, 2.05) is 55.5 Å². The number of aromatic nitrogens is 2. The molecular formula is C24H29N3O3. The van der Waals surface area contributed by atoms with Crippen molar-refractivity contribution in [1.29, 1.82) is 0 Å². The van der Waals surface area contributed by atoms with E-state index in [0.29, 0.717) is 18.2 Å². The number of aliphatic hydroxyl groups is 1. The molecule has 0 spiro atoms. The van der Waals surface area contributed by atoms with Gasteiger partial charge in [-0.15, -0.1) is 10.2 Å². The van der Waals surface area contributed by atoms with Crippen LogP contribution >= 0.6 is 0 Å².